The SMILES string of the molecule is CCCCn1nc(C(=O)N/N=C(/C)c2ccc3c(c2)OCCO3)c2ccccc2c1=O. The van der Waals surface area contributed by atoms with Gasteiger partial charge in [-0.05, 0) is 37.6 Å². The van der Waals surface area contributed by atoms with Gasteiger partial charge in [-0.2, -0.15) is 10.2 Å². The van der Waals surface area contributed by atoms with Gasteiger partial charge in [0, 0.05) is 17.5 Å². The van der Waals surface area contributed by atoms with Gasteiger partial charge in [0.1, 0.15) is 13.2 Å². The molecule has 4 rings (SSSR count). The number of benzene rings is 2. The van der Waals surface area contributed by atoms with Crippen LogP contribution in [0, 0.1) is 0 Å². The van der Waals surface area contributed by atoms with Crippen LogP contribution >= 0.6 is 0 Å². The van der Waals surface area contributed by atoms with E-state index >= 15 is 0 Å². The quantitative estimate of drug-likeness (QED) is 0.488. The Hall–Kier alpha value is -3.68. The van der Waals surface area contributed by atoms with E-state index in [1.165, 1.54) is 4.68 Å². The van der Waals surface area contributed by atoms with E-state index in [-0.39, 0.29) is 11.3 Å². The van der Waals surface area contributed by atoms with Crippen LogP contribution in [0.2, 0.25) is 0 Å². The van der Waals surface area contributed by atoms with Crippen LogP contribution in [0.1, 0.15) is 42.7 Å². The maximum Gasteiger partial charge on any atom is 0.292 e. The smallest absolute Gasteiger partial charge is 0.292 e. The summed E-state index contributed by atoms with van der Waals surface area (Å²) in [5, 5.41) is 9.54. The van der Waals surface area contributed by atoms with Crippen LogP contribution in [-0.4, -0.2) is 34.6 Å². The van der Waals surface area contributed by atoms with Crippen LogP contribution in [0.3, 0.4) is 0 Å². The maximum atomic E-state index is 12.9. The number of hydrogen-bond acceptors (Lipinski definition) is 6. The number of aryl methyl sites for hydroxylation is 1. The molecule has 0 saturated carbocycles. The number of rotatable bonds is 6. The lowest BCUT2D eigenvalue weighted by Crippen LogP contribution is -2.29. The molecule has 0 radical (unpaired) electrons. The minimum atomic E-state index is -0.474. The van der Waals surface area contributed by atoms with Crippen molar-refractivity contribution in [1.82, 2.24) is 15.2 Å². The maximum absolute atomic E-state index is 12.9. The first-order chi connectivity index (χ1) is 15.1. The van der Waals surface area contributed by atoms with E-state index in [9.17, 15) is 9.59 Å². The summed E-state index contributed by atoms with van der Waals surface area (Å²) in [4.78, 5) is 25.6. The number of hydrazone groups is 1. The number of carbonyl (C=O) groups is 1. The zero-order valence-electron chi connectivity index (χ0n) is 17.6. The molecule has 0 spiro atoms. The highest BCUT2D eigenvalue weighted by Gasteiger charge is 2.17. The van der Waals surface area contributed by atoms with Gasteiger partial charge in [-0.1, -0.05) is 31.5 Å². The normalized spacial score (nSPS) is 13.3. The third-order valence-corrected chi connectivity index (χ3v) is 5.09. The summed E-state index contributed by atoms with van der Waals surface area (Å²) in [5.74, 6) is 0.871. The van der Waals surface area contributed by atoms with Crippen LogP contribution < -0.4 is 20.5 Å². The molecule has 8 nitrogen and oxygen atoms in total. The lowest BCUT2D eigenvalue weighted by Gasteiger charge is -2.18. The number of carbonyl (C=O) groups excluding carboxylic acids is 1. The number of hydrogen-bond donors (Lipinski definition) is 1. The molecular weight excluding hydrogens is 396 g/mol. The van der Waals surface area contributed by atoms with Crippen LogP contribution in [0.4, 0.5) is 0 Å². The third kappa shape index (κ3) is 4.28. The largest absolute Gasteiger partial charge is 0.486 e. The fourth-order valence-electron chi connectivity index (χ4n) is 3.38. The van der Waals surface area contributed by atoms with Crippen LogP contribution in [0.25, 0.3) is 10.8 Å². The van der Waals surface area contributed by atoms with E-state index in [1.807, 2.05) is 25.1 Å². The summed E-state index contributed by atoms with van der Waals surface area (Å²) < 4.78 is 12.5. The van der Waals surface area contributed by atoms with E-state index in [4.69, 9.17) is 9.47 Å². The first-order valence-electron chi connectivity index (χ1n) is 10.3. The second-order valence-electron chi connectivity index (χ2n) is 7.27. The molecule has 0 atom stereocenters. The number of fused-ring (bicyclic) bond motifs is 2. The Morgan fingerprint density at radius 3 is 2.65 bits per heavy atom. The minimum Gasteiger partial charge on any atom is -0.486 e. The second kappa shape index (κ2) is 8.99. The molecule has 0 saturated heterocycles. The summed E-state index contributed by atoms with van der Waals surface area (Å²) in [6.07, 6.45) is 1.72. The molecule has 0 fully saturated rings. The summed E-state index contributed by atoms with van der Waals surface area (Å²) in [6.45, 7) is 5.31. The fourth-order valence-corrected chi connectivity index (χ4v) is 3.38. The van der Waals surface area contributed by atoms with E-state index in [2.05, 4.69) is 15.6 Å². The predicted molar refractivity (Wildman–Crippen MR) is 118 cm³/mol. The molecule has 1 aliphatic heterocycles. The highest BCUT2D eigenvalue weighted by Crippen LogP contribution is 2.30. The lowest BCUT2D eigenvalue weighted by molar-refractivity contribution is 0.0949. The number of unbranched alkanes of at least 4 members (excludes halogenated alkanes) is 1. The molecule has 0 unspecified atom stereocenters. The van der Waals surface area contributed by atoms with Crippen molar-refractivity contribution in [2.24, 2.45) is 5.10 Å². The zero-order chi connectivity index (χ0) is 21.8. The molecule has 0 bridgehead atoms. The van der Waals surface area contributed by atoms with Crippen LogP contribution in [-0.2, 0) is 6.54 Å². The van der Waals surface area contributed by atoms with Gasteiger partial charge in [-0.25, -0.2) is 10.1 Å². The summed E-state index contributed by atoms with van der Waals surface area (Å²) in [6, 6.07) is 12.5. The van der Waals surface area contributed by atoms with Gasteiger partial charge in [0.2, 0.25) is 0 Å². The predicted octanol–water partition coefficient (Wildman–Crippen LogP) is 3.12. The van der Waals surface area contributed by atoms with E-state index in [0.717, 1.165) is 18.4 Å². The average molecular weight is 420 g/mol. The molecule has 3 aromatic rings. The first-order valence-corrected chi connectivity index (χ1v) is 10.3. The molecule has 2 heterocycles. The third-order valence-electron chi connectivity index (χ3n) is 5.09. The fraction of sp³-hybridized carbons (Fsp3) is 0.304. The van der Waals surface area contributed by atoms with Gasteiger partial charge < -0.3 is 9.47 Å². The Morgan fingerprint density at radius 1 is 1.13 bits per heavy atom. The Balaban J connectivity index is 1.62. The second-order valence-corrected chi connectivity index (χ2v) is 7.27. The van der Waals surface area contributed by atoms with E-state index in [1.54, 1.807) is 31.2 Å². The van der Waals surface area contributed by atoms with E-state index in [0.29, 0.717) is 47.7 Å². The van der Waals surface area contributed by atoms with Gasteiger partial charge in [0.25, 0.3) is 11.5 Å². The molecule has 1 aromatic heterocycles. The Kier molecular flexibility index (Phi) is 5.97. The molecule has 1 aliphatic rings. The van der Waals surface area contributed by atoms with Crippen molar-refractivity contribution in [2.45, 2.75) is 33.2 Å². The Bertz CT molecular complexity index is 1220. The molecule has 1 amide bonds. The first kappa shape index (κ1) is 20.6. The number of nitrogens with one attached hydrogen (secondary N) is 1. The molecule has 8 heteroatoms. The van der Waals surface area contributed by atoms with Crippen LogP contribution in [0.5, 0.6) is 11.5 Å². The lowest BCUT2D eigenvalue weighted by atomic mass is 10.1. The monoisotopic (exact) mass is 420 g/mol. The minimum absolute atomic E-state index is 0.171. The summed E-state index contributed by atoms with van der Waals surface area (Å²) in [5.41, 5.74) is 3.95. The highest BCUT2D eigenvalue weighted by atomic mass is 16.6. The Labute approximate surface area is 179 Å². The van der Waals surface area contributed by atoms with Gasteiger partial charge in [-0.15, -0.1) is 0 Å². The average Bonchev–Trinajstić information content (AvgIpc) is 2.81. The van der Waals surface area contributed by atoms with Gasteiger partial charge in [0.15, 0.2) is 17.2 Å². The number of amides is 1. The highest BCUT2D eigenvalue weighted by molar-refractivity contribution is 6.06. The van der Waals surface area contributed by atoms with Crippen molar-refractivity contribution in [3.63, 3.8) is 0 Å². The molecular formula is C23H24N4O4. The summed E-state index contributed by atoms with van der Waals surface area (Å²) >= 11 is 0. The van der Waals surface area contributed by atoms with Crippen molar-refractivity contribution in [2.75, 3.05) is 13.2 Å². The number of aromatic nitrogens is 2. The summed E-state index contributed by atoms with van der Waals surface area (Å²) in [7, 11) is 0. The van der Waals surface area contributed by atoms with Crippen molar-refractivity contribution >= 4 is 22.4 Å². The van der Waals surface area contributed by atoms with Gasteiger partial charge >= 0.3 is 0 Å². The van der Waals surface area contributed by atoms with E-state index < -0.39 is 5.91 Å². The standard InChI is InChI=1S/C23H24N4O4/c1-3-4-11-27-23(29)18-8-6-5-7-17(18)21(26-27)22(28)25-24-15(2)16-9-10-19-20(14-16)31-13-12-30-19/h5-10,14H,3-4,11-13H2,1-2H3,(H,25,28)/b24-15-. The zero-order valence-corrected chi connectivity index (χ0v) is 17.6. The van der Waals surface area contributed by atoms with Crippen molar-refractivity contribution < 1.29 is 14.3 Å². The number of ether oxygens (including phenoxy) is 2. The Morgan fingerprint density at radius 2 is 1.87 bits per heavy atom. The van der Waals surface area contributed by atoms with Crippen molar-refractivity contribution in [1.29, 1.82) is 0 Å². The van der Waals surface area contributed by atoms with Crippen molar-refractivity contribution in [3.8, 4) is 11.5 Å². The molecule has 31 heavy (non-hydrogen) atoms. The molecule has 1 N–H and O–H groups in total. The molecule has 2 aromatic carbocycles. The van der Waals surface area contributed by atoms with Gasteiger partial charge in [-0.3, -0.25) is 9.59 Å². The van der Waals surface area contributed by atoms with Crippen molar-refractivity contribution in [3.05, 3.63) is 64.1 Å². The van der Waals surface area contributed by atoms with Crippen LogP contribution in [0.15, 0.2) is 52.4 Å². The topological polar surface area (TPSA) is 94.8 Å². The molecule has 0 aliphatic carbocycles. The number of nitrogens with zero attached hydrogens (tertiary/aromatic N) is 3. The van der Waals surface area contributed by atoms with Gasteiger partial charge in [0.05, 0.1) is 11.1 Å². The molecule has 160 valence electrons.